The summed E-state index contributed by atoms with van der Waals surface area (Å²) in [6.45, 7) is 3.56. The van der Waals surface area contributed by atoms with Crippen molar-refractivity contribution in [3.05, 3.63) is 47.9 Å². The van der Waals surface area contributed by atoms with Gasteiger partial charge >= 0.3 is 6.03 Å². The number of carbonyl (C=O) groups excluding carboxylic acids is 1. The standard InChI is InChI=1S/C18H19FN4O/c1-11-2-3-13(8-16(11)17-6-12(19)4-5-20-17)22-18(24)23-10-14-7-15(23)9-21-14/h2-6,8,14-15,21H,7,9-10H2,1H3,(H,22,24)/t14-,15-/m0/s1. The number of anilines is 1. The Kier molecular flexibility index (Phi) is 3.69. The molecule has 2 atom stereocenters. The molecule has 6 heteroatoms. The van der Waals surface area contributed by atoms with Crippen molar-refractivity contribution in [2.75, 3.05) is 18.4 Å². The Balaban J connectivity index is 1.56. The third kappa shape index (κ3) is 2.73. The summed E-state index contributed by atoms with van der Waals surface area (Å²) >= 11 is 0. The summed E-state index contributed by atoms with van der Waals surface area (Å²) in [6.07, 6.45) is 2.48. The van der Waals surface area contributed by atoms with Crippen LogP contribution in [0.15, 0.2) is 36.5 Å². The number of piperazine rings is 1. The highest BCUT2D eigenvalue weighted by Crippen LogP contribution is 2.27. The summed E-state index contributed by atoms with van der Waals surface area (Å²) in [5.74, 6) is -0.325. The van der Waals surface area contributed by atoms with Crippen molar-refractivity contribution in [3.63, 3.8) is 0 Å². The van der Waals surface area contributed by atoms with Gasteiger partial charge in [0.2, 0.25) is 0 Å². The molecule has 4 rings (SSSR count). The van der Waals surface area contributed by atoms with E-state index in [0.717, 1.165) is 30.6 Å². The van der Waals surface area contributed by atoms with Gasteiger partial charge in [-0.3, -0.25) is 4.98 Å². The fourth-order valence-corrected chi connectivity index (χ4v) is 3.53. The predicted octanol–water partition coefficient (Wildman–Crippen LogP) is 2.77. The minimum absolute atomic E-state index is 0.0778. The molecule has 2 fully saturated rings. The van der Waals surface area contributed by atoms with Crippen LogP contribution in [0.5, 0.6) is 0 Å². The molecule has 0 unspecified atom stereocenters. The summed E-state index contributed by atoms with van der Waals surface area (Å²) in [4.78, 5) is 18.6. The molecule has 5 nitrogen and oxygen atoms in total. The summed E-state index contributed by atoms with van der Waals surface area (Å²) in [5.41, 5.74) is 3.06. The first-order valence-corrected chi connectivity index (χ1v) is 8.14. The maximum absolute atomic E-state index is 13.5. The van der Waals surface area contributed by atoms with Crippen LogP contribution >= 0.6 is 0 Å². The number of nitrogens with one attached hydrogen (secondary N) is 2. The number of likely N-dealkylation sites (tertiary alicyclic amines) is 1. The van der Waals surface area contributed by atoms with Crippen molar-refractivity contribution >= 4 is 11.7 Å². The van der Waals surface area contributed by atoms with E-state index in [1.54, 1.807) is 0 Å². The number of amides is 2. The van der Waals surface area contributed by atoms with Gasteiger partial charge in [-0.05, 0) is 37.1 Å². The van der Waals surface area contributed by atoms with Crippen molar-refractivity contribution < 1.29 is 9.18 Å². The van der Waals surface area contributed by atoms with Gasteiger partial charge in [0.25, 0.3) is 0 Å². The average Bonchev–Trinajstić information content (AvgIpc) is 3.20. The number of halogens is 1. The maximum Gasteiger partial charge on any atom is 0.322 e. The average molecular weight is 326 g/mol. The van der Waals surface area contributed by atoms with Crippen LogP contribution < -0.4 is 10.6 Å². The number of hydrogen-bond acceptors (Lipinski definition) is 3. The third-order valence-corrected chi connectivity index (χ3v) is 4.80. The Morgan fingerprint density at radius 3 is 2.96 bits per heavy atom. The van der Waals surface area contributed by atoms with Gasteiger partial charge in [-0.2, -0.15) is 0 Å². The summed E-state index contributed by atoms with van der Waals surface area (Å²) in [5, 5.41) is 6.34. The Morgan fingerprint density at radius 2 is 2.25 bits per heavy atom. The molecule has 2 bridgehead atoms. The second-order valence-electron chi connectivity index (χ2n) is 6.47. The van der Waals surface area contributed by atoms with Gasteiger partial charge in [-0.25, -0.2) is 9.18 Å². The molecule has 1 aromatic heterocycles. The maximum atomic E-state index is 13.5. The van der Waals surface area contributed by atoms with E-state index < -0.39 is 0 Å². The lowest BCUT2D eigenvalue weighted by atomic mass is 10.0. The quantitative estimate of drug-likeness (QED) is 0.892. The van der Waals surface area contributed by atoms with E-state index in [0.29, 0.717) is 17.4 Å². The van der Waals surface area contributed by atoms with Crippen molar-refractivity contribution in [2.45, 2.75) is 25.4 Å². The number of urea groups is 1. The molecular formula is C18H19FN4O. The molecule has 0 saturated carbocycles. The van der Waals surface area contributed by atoms with Gasteiger partial charge in [0.15, 0.2) is 0 Å². The SMILES string of the molecule is Cc1ccc(NC(=O)N2C[C@@H]3C[C@H]2CN3)cc1-c1cc(F)ccn1. The van der Waals surface area contributed by atoms with E-state index in [4.69, 9.17) is 0 Å². The number of hydrogen-bond donors (Lipinski definition) is 2. The lowest BCUT2D eigenvalue weighted by molar-refractivity contribution is 0.199. The molecule has 24 heavy (non-hydrogen) atoms. The molecule has 2 aromatic rings. The van der Waals surface area contributed by atoms with E-state index in [1.807, 2.05) is 30.0 Å². The van der Waals surface area contributed by atoms with Crippen LogP contribution in [0, 0.1) is 12.7 Å². The van der Waals surface area contributed by atoms with E-state index in [1.165, 1.54) is 18.3 Å². The molecule has 2 aliphatic heterocycles. The van der Waals surface area contributed by atoms with Crippen molar-refractivity contribution in [1.29, 1.82) is 0 Å². The molecule has 3 heterocycles. The number of aryl methyl sites for hydroxylation is 1. The first kappa shape index (κ1) is 15.1. The summed E-state index contributed by atoms with van der Waals surface area (Å²) in [6, 6.07) is 8.97. The molecule has 2 N–H and O–H groups in total. The smallest absolute Gasteiger partial charge is 0.319 e. The topological polar surface area (TPSA) is 57.3 Å². The van der Waals surface area contributed by atoms with Crippen LogP contribution in [-0.2, 0) is 0 Å². The van der Waals surface area contributed by atoms with Crippen LogP contribution in [0.2, 0.25) is 0 Å². The monoisotopic (exact) mass is 326 g/mol. The summed E-state index contributed by atoms with van der Waals surface area (Å²) < 4.78 is 13.5. The zero-order valence-electron chi connectivity index (χ0n) is 13.4. The van der Waals surface area contributed by atoms with Gasteiger partial charge in [0.1, 0.15) is 5.82 Å². The first-order chi connectivity index (χ1) is 11.6. The van der Waals surface area contributed by atoms with Gasteiger partial charge in [-0.1, -0.05) is 6.07 Å². The van der Waals surface area contributed by atoms with Crippen molar-refractivity contribution in [3.8, 4) is 11.3 Å². The third-order valence-electron chi connectivity index (χ3n) is 4.80. The van der Waals surface area contributed by atoms with Crippen LogP contribution in [-0.4, -0.2) is 41.1 Å². The number of fused-ring (bicyclic) bond motifs is 2. The van der Waals surface area contributed by atoms with Gasteiger partial charge in [0.05, 0.1) is 5.69 Å². The zero-order valence-corrected chi connectivity index (χ0v) is 13.4. The molecule has 0 aliphatic carbocycles. The molecule has 0 spiro atoms. The molecular weight excluding hydrogens is 307 g/mol. The predicted molar refractivity (Wildman–Crippen MR) is 90.3 cm³/mol. The van der Waals surface area contributed by atoms with E-state index in [-0.39, 0.29) is 17.9 Å². The molecule has 0 radical (unpaired) electrons. The highest BCUT2D eigenvalue weighted by molar-refractivity contribution is 5.91. The van der Waals surface area contributed by atoms with Gasteiger partial charge in [-0.15, -0.1) is 0 Å². The lowest BCUT2D eigenvalue weighted by Gasteiger charge is -2.27. The highest BCUT2D eigenvalue weighted by Gasteiger charge is 2.40. The van der Waals surface area contributed by atoms with E-state index in [9.17, 15) is 9.18 Å². The van der Waals surface area contributed by atoms with Gasteiger partial charge < -0.3 is 15.5 Å². The zero-order chi connectivity index (χ0) is 16.7. The van der Waals surface area contributed by atoms with Crippen LogP contribution in [0.3, 0.4) is 0 Å². The van der Waals surface area contributed by atoms with E-state index >= 15 is 0 Å². The van der Waals surface area contributed by atoms with Crippen LogP contribution in [0.25, 0.3) is 11.3 Å². The fourth-order valence-electron chi connectivity index (χ4n) is 3.53. The summed E-state index contributed by atoms with van der Waals surface area (Å²) in [7, 11) is 0. The molecule has 2 saturated heterocycles. The lowest BCUT2D eigenvalue weighted by Crippen LogP contribution is -2.48. The highest BCUT2D eigenvalue weighted by atomic mass is 19.1. The molecule has 2 aliphatic rings. The fraction of sp³-hybridized carbons (Fsp3) is 0.333. The Bertz CT molecular complexity index is 794. The number of aromatic nitrogens is 1. The number of nitrogens with zero attached hydrogens (tertiary/aromatic N) is 2. The second-order valence-corrected chi connectivity index (χ2v) is 6.47. The number of pyridine rings is 1. The van der Waals surface area contributed by atoms with Crippen molar-refractivity contribution in [1.82, 2.24) is 15.2 Å². The Labute approximate surface area is 139 Å². The van der Waals surface area contributed by atoms with Gasteiger partial charge in [0, 0.05) is 48.7 Å². The Hall–Kier alpha value is -2.47. The minimum Gasteiger partial charge on any atom is -0.319 e. The number of benzene rings is 1. The Morgan fingerprint density at radius 1 is 1.38 bits per heavy atom. The second kappa shape index (κ2) is 5.87. The molecule has 124 valence electrons. The van der Waals surface area contributed by atoms with E-state index in [2.05, 4.69) is 15.6 Å². The normalized spacial score (nSPS) is 22.0. The van der Waals surface area contributed by atoms with Crippen LogP contribution in [0.4, 0.5) is 14.9 Å². The van der Waals surface area contributed by atoms with Crippen LogP contribution in [0.1, 0.15) is 12.0 Å². The largest absolute Gasteiger partial charge is 0.322 e. The first-order valence-electron chi connectivity index (χ1n) is 8.14. The molecule has 1 aromatic carbocycles. The number of carbonyl (C=O) groups is 1. The molecule has 2 amide bonds. The van der Waals surface area contributed by atoms with Crippen molar-refractivity contribution in [2.24, 2.45) is 0 Å². The minimum atomic E-state index is -0.325. The number of rotatable bonds is 2.